The average Bonchev–Trinajstić information content (AvgIpc) is 2.33. The Balaban J connectivity index is 2.69. The molecule has 0 unspecified atom stereocenters. The standard InChI is InChI=1S/C11H16N4O4/c1-3-18-9(16)5-8-13-6-7(10(12)15-8)14-11(17)19-4-2/h6H,3-5H2,1-2H3,(H,14,17)(H2,12,13,15). The van der Waals surface area contributed by atoms with E-state index in [1.54, 1.807) is 13.8 Å². The zero-order valence-corrected chi connectivity index (χ0v) is 10.8. The van der Waals surface area contributed by atoms with Crippen LogP contribution in [0.4, 0.5) is 16.3 Å². The number of nitrogens with two attached hydrogens (primary N) is 1. The van der Waals surface area contributed by atoms with Crippen LogP contribution in [-0.4, -0.2) is 35.2 Å². The van der Waals surface area contributed by atoms with Crippen LogP contribution in [0, 0.1) is 0 Å². The van der Waals surface area contributed by atoms with Crippen LogP contribution in [0.15, 0.2) is 6.20 Å². The lowest BCUT2D eigenvalue weighted by Crippen LogP contribution is -2.17. The van der Waals surface area contributed by atoms with E-state index in [4.69, 9.17) is 15.2 Å². The second-order valence-electron chi connectivity index (χ2n) is 3.41. The van der Waals surface area contributed by atoms with E-state index < -0.39 is 12.1 Å². The molecule has 0 aliphatic rings. The molecule has 0 radical (unpaired) electrons. The number of rotatable bonds is 5. The molecule has 0 spiro atoms. The van der Waals surface area contributed by atoms with Gasteiger partial charge in [0.1, 0.15) is 17.9 Å². The molecule has 0 bridgehead atoms. The molecular weight excluding hydrogens is 252 g/mol. The van der Waals surface area contributed by atoms with Crippen molar-refractivity contribution < 1.29 is 19.1 Å². The number of hydrogen-bond donors (Lipinski definition) is 2. The zero-order valence-electron chi connectivity index (χ0n) is 10.8. The van der Waals surface area contributed by atoms with Gasteiger partial charge in [-0.3, -0.25) is 10.1 Å². The van der Waals surface area contributed by atoms with E-state index in [9.17, 15) is 9.59 Å². The maximum absolute atomic E-state index is 11.2. The van der Waals surface area contributed by atoms with Gasteiger partial charge in [-0.15, -0.1) is 0 Å². The van der Waals surface area contributed by atoms with E-state index in [1.807, 2.05) is 0 Å². The first kappa shape index (κ1) is 14.7. The highest BCUT2D eigenvalue weighted by molar-refractivity contribution is 5.87. The predicted molar refractivity (Wildman–Crippen MR) is 67.4 cm³/mol. The van der Waals surface area contributed by atoms with E-state index >= 15 is 0 Å². The Kier molecular flexibility index (Phi) is 5.52. The van der Waals surface area contributed by atoms with Gasteiger partial charge in [0, 0.05) is 0 Å². The Hall–Kier alpha value is -2.38. The largest absolute Gasteiger partial charge is 0.466 e. The van der Waals surface area contributed by atoms with Crippen molar-refractivity contribution in [2.75, 3.05) is 24.3 Å². The SMILES string of the molecule is CCOC(=O)Cc1ncc(NC(=O)OCC)c(N)n1. The van der Waals surface area contributed by atoms with Crippen LogP contribution in [0.2, 0.25) is 0 Å². The van der Waals surface area contributed by atoms with Gasteiger partial charge in [0.2, 0.25) is 0 Å². The van der Waals surface area contributed by atoms with Crippen molar-refractivity contribution in [1.82, 2.24) is 9.97 Å². The third-order valence-electron chi connectivity index (χ3n) is 1.99. The first-order chi connectivity index (χ1) is 9.06. The number of aromatic nitrogens is 2. The summed E-state index contributed by atoms with van der Waals surface area (Å²) < 4.78 is 9.46. The molecule has 0 saturated carbocycles. The first-order valence-electron chi connectivity index (χ1n) is 5.77. The zero-order chi connectivity index (χ0) is 14.3. The van der Waals surface area contributed by atoms with Gasteiger partial charge in [0.15, 0.2) is 5.82 Å². The van der Waals surface area contributed by atoms with Crippen LogP contribution >= 0.6 is 0 Å². The van der Waals surface area contributed by atoms with Gasteiger partial charge < -0.3 is 15.2 Å². The Morgan fingerprint density at radius 2 is 2.00 bits per heavy atom. The third-order valence-corrected chi connectivity index (χ3v) is 1.99. The van der Waals surface area contributed by atoms with Crippen molar-refractivity contribution in [3.05, 3.63) is 12.0 Å². The van der Waals surface area contributed by atoms with Gasteiger partial charge in [0.25, 0.3) is 0 Å². The van der Waals surface area contributed by atoms with Crippen molar-refractivity contribution in [3.8, 4) is 0 Å². The summed E-state index contributed by atoms with van der Waals surface area (Å²) in [7, 11) is 0. The van der Waals surface area contributed by atoms with Gasteiger partial charge >= 0.3 is 12.1 Å². The maximum atomic E-state index is 11.2. The summed E-state index contributed by atoms with van der Waals surface area (Å²) in [5, 5.41) is 2.39. The summed E-state index contributed by atoms with van der Waals surface area (Å²) in [6.45, 7) is 3.92. The normalized spacial score (nSPS) is 9.79. The van der Waals surface area contributed by atoms with E-state index in [1.165, 1.54) is 6.20 Å². The lowest BCUT2D eigenvalue weighted by Gasteiger charge is -2.08. The number of carbonyl (C=O) groups excluding carboxylic acids is 2. The molecule has 0 atom stereocenters. The number of nitrogen functional groups attached to an aromatic ring is 1. The average molecular weight is 268 g/mol. The molecule has 1 heterocycles. The highest BCUT2D eigenvalue weighted by Crippen LogP contribution is 2.14. The molecule has 1 aromatic heterocycles. The lowest BCUT2D eigenvalue weighted by molar-refractivity contribution is -0.142. The van der Waals surface area contributed by atoms with Crippen molar-refractivity contribution in [2.45, 2.75) is 20.3 Å². The van der Waals surface area contributed by atoms with E-state index in [0.29, 0.717) is 0 Å². The molecule has 104 valence electrons. The second kappa shape index (κ2) is 7.14. The maximum Gasteiger partial charge on any atom is 0.411 e. The first-order valence-corrected chi connectivity index (χ1v) is 5.77. The lowest BCUT2D eigenvalue weighted by atomic mass is 10.4. The molecule has 8 heteroatoms. The van der Waals surface area contributed by atoms with Crippen LogP contribution in [0.5, 0.6) is 0 Å². The summed E-state index contributed by atoms with van der Waals surface area (Å²) in [5.41, 5.74) is 5.87. The van der Waals surface area contributed by atoms with Crippen molar-refractivity contribution in [3.63, 3.8) is 0 Å². The number of ether oxygens (including phenoxy) is 2. The van der Waals surface area contributed by atoms with Crippen LogP contribution in [-0.2, 0) is 20.7 Å². The minimum absolute atomic E-state index is 0.0577. The van der Waals surface area contributed by atoms with Gasteiger partial charge in [-0.25, -0.2) is 14.8 Å². The molecule has 0 saturated heterocycles. The Morgan fingerprint density at radius 1 is 1.32 bits per heavy atom. The molecule has 1 amide bonds. The summed E-state index contributed by atoms with van der Waals surface area (Å²) in [4.78, 5) is 30.2. The quantitative estimate of drug-likeness (QED) is 0.756. The van der Waals surface area contributed by atoms with E-state index in [-0.39, 0.29) is 37.0 Å². The fourth-order valence-electron chi connectivity index (χ4n) is 1.23. The number of amides is 1. The minimum Gasteiger partial charge on any atom is -0.466 e. The number of carbonyl (C=O) groups is 2. The van der Waals surface area contributed by atoms with Crippen LogP contribution in [0.1, 0.15) is 19.7 Å². The van der Waals surface area contributed by atoms with Gasteiger partial charge in [-0.05, 0) is 13.8 Å². The number of esters is 1. The fraction of sp³-hybridized carbons (Fsp3) is 0.455. The molecule has 0 aliphatic heterocycles. The number of hydrogen-bond acceptors (Lipinski definition) is 7. The Bertz CT molecular complexity index is 464. The molecule has 1 aromatic rings. The van der Waals surface area contributed by atoms with Crippen LogP contribution in [0.3, 0.4) is 0 Å². The summed E-state index contributed by atoms with van der Waals surface area (Å²) in [5.74, 6) is -0.152. The van der Waals surface area contributed by atoms with E-state index in [2.05, 4.69) is 15.3 Å². The molecule has 3 N–H and O–H groups in total. The third kappa shape index (κ3) is 4.78. The summed E-state index contributed by atoms with van der Waals surface area (Å²) >= 11 is 0. The second-order valence-corrected chi connectivity index (χ2v) is 3.41. The Labute approximate surface area is 110 Å². The molecule has 19 heavy (non-hydrogen) atoms. The van der Waals surface area contributed by atoms with Crippen LogP contribution < -0.4 is 11.1 Å². The molecule has 1 rings (SSSR count). The molecule has 8 nitrogen and oxygen atoms in total. The predicted octanol–water partition coefficient (Wildman–Crippen LogP) is 0.733. The molecule has 0 aliphatic carbocycles. The van der Waals surface area contributed by atoms with Crippen molar-refractivity contribution in [1.29, 1.82) is 0 Å². The topological polar surface area (TPSA) is 116 Å². The van der Waals surface area contributed by atoms with Crippen LogP contribution in [0.25, 0.3) is 0 Å². The number of nitrogens with zero attached hydrogens (tertiary/aromatic N) is 2. The number of anilines is 2. The monoisotopic (exact) mass is 268 g/mol. The Morgan fingerprint density at radius 3 is 2.58 bits per heavy atom. The molecule has 0 fully saturated rings. The molecular formula is C11H16N4O4. The van der Waals surface area contributed by atoms with Gasteiger partial charge in [-0.1, -0.05) is 0 Å². The summed E-state index contributed by atoms with van der Waals surface area (Å²) in [6, 6.07) is 0. The van der Waals surface area contributed by atoms with E-state index in [0.717, 1.165) is 0 Å². The minimum atomic E-state index is -0.643. The fourth-order valence-corrected chi connectivity index (χ4v) is 1.23. The highest BCUT2D eigenvalue weighted by atomic mass is 16.5. The smallest absolute Gasteiger partial charge is 0.411 e. The van der Waals surface area contributed by atoms with Crippen molar-refractivity contribution >= 4 is 23.6 Å². The molecule has 0 aromatic carbocycles. The number of nitrogens with one attached hydrogen (secondary N) is 1. The van der Waals surface area contributed by atoms with Crippen molar-refractivity contribution in [2.24, 2.45) is 0 Å². The van der Waals surface area contributed by atoms with Gasteiger partial charge in [-0.2, -0.15) is 0 Å². The highest BCUT2D eigenvalue weighted by Gasteiger charge is 2.11. The van der Waals surface area contributed by atoms with Gasteiger partial charge in [0.05, 0.1) is 19.4 Å². The summed E-state index contributed by atoms with van der Waals surface area (Å²) in [6.07, 6.45) is 0.599.